The predicted molar refractivity (Wildman–Crippen MR) is 255 cm³/mol. The number of aliphatic hydroxyl groups is 2. The summed E-state index contributed by atoms with van der Waals surface area (Å²) in [6.07, 6.45) is 53.7. The van der Waals surface area contributed by atoms with Crippen LogP contribution in [0.4, 0.5) is 0 Å². The van der Waals surface area contributed by atoms with E-state index in [2.05, 4.69) is 50.4 Å². The summed E-state index contributed by atoms with van der Waals surface area (Å²) in [4.78, 5) is 26.1. The lowest BCUT2D eigenvalue weighted by Crippen LogP contribution is -2.46. The van der Waals surface area contributed by atoms with Gasteiger partial charge in [-0.05, 0) is 57.8 Å². The highest BCUT2D eigenvalue weighted by Crippen LogP contribution is 2.18. The van der Waals surface area contributed by atoms with Gasteiger partial charge in [0.25, 0.3) is 0 Å². The third-order valence-corrected chi connectivity index (χ3v) is 12.0. The first-order chi connectivity index (χ1) is 29.0. The normalized spacial score (nSPS) is 13.4. The molecule has 6 heteroatoms. The molecule has 0 aliphatic carbocycles. The topological polar surface area (TPSA) is 95.9 Å². The van der Waals surface area contributed by atoms with Gasteiger partial charge in [0.15, 0.2) is 0 Å². The molecular weight excluding hydrogens is 731 g/mol. The molecule has 0 rings (SSSR count). The van der Waals surface area contributed by atoms with Crippen LogP contribution in [-0.2, 0) is 14.3 Å². The lowest BCUT2D eigenvalue weighted by Gasteiger charge is -2.24. The molecule has 59 heavy (non-hydrogen) atoms. The molecule has 0 saturated carbocycles. The fourth-order valence-corrected chi connectivity index (χ4v) is 8.05. The summed E-state index contributed by atoms with van der Waals surface area (Å²) >= 11 is 0. The van der Waals surface area contributed by atoms with E-state index in [1.807, 2.05) is 0 Å². The fourth-order valence-electron chi connectivity index (χ4n) is 8.05. The lowest BCUT2D eigenvalue weighted by atomic mass is 10.0. The average Bonchev–Trinajstić information content (AvgIpc) is 3.23. The Hall–Kier alpha value is -1.66. The van der Waals surface area contributed by atoms with Crippen LogP contribution in [0.15, 0.2) is 24.3 Å². The maximum Gasteiger partial charge on any atom is 0.306 e. The van der Waals surface area contributed by atoms with Crippen LogP contribution in [-0.4, -0.2) is 46.9 Å². The van der Waals surface area contributed by atoms with Crippen LogP contribution in [0.2, 0.25) is 0 Å². The molecule has 3 N–H and O–H groups in total. The average molecular weight is 832 g/mol. The van der Waals surface area contributed by atoms with Crippen LogP contribution in [0.3, 0.4) is 0 Å². The minimum absolute atomic E-state index is 0.0734. The van der Waals surface area contributed by atoms with Crippen molar-refractivity contribution < 1.29 is 24.5 Å². The van der Waals surface area contributed by atoms with Gasteiger partial charge in [-0.2, -0.15) is 0 Å². The number of ether oxygens (including phenoxy) is 1. The number of carbonyl (C=O) groups excluding carboxylic acids is 2. The van der Waals surface area contributed by atoms with E-state index in [9.17, 15) is 19.8 Å². The maximum absolute atomic E-state index is 13.2. The van der Waals surface area contributed by atoms with E-state index >= 15 is 0 Å². The number of allylic oxidation sites excluding steroid dienone is 4. The molecule has 0 aromatic heterocycles. The van der Waals surface area contributed by atoms with E-state index in [1.165, 1.54) is 167 Å². The summed E-state index contributed by atoms with van der Waals surface area (Å²) in [5, 5.41) is 23.8. The van der Waals surface area contributed by atoms with Crippen molar-refractivity contribution in [1.82, 2.24) is 5.32 Å². The molecule has 0 aromatic carbocycles. The molecule has 0 radical (unpaired) electrons. The Balaban J connectivity index is 4.58. The van der Waals surface area contributed by atoms with Crippen molar-refractivity contribution in [3.63, 3.8) is 0 Å². The SMILES string of the molecule is CCCCC/C=C\C/C=C\CCCCCCCC(CC(=O)NC(CO)C(O)CCCCCCCCCCCCCC)OC(=O)CCCCCCCCCCCCCCC. The number of aliphatic hydroxyl groups excluding tert-OH is 2. The highest BCUT2D eigenvalue weighted by atomic mass is 16.5. The Morgan fingerprint density at radius 3 is 1.32 bits per heavy atom. The summed E-state index contributed by atoms with van der Waals surface area (Å²) in [6.45, 7) is 6.47. The minimum Gasteiger partial charge on any atom is -0.462 e. The summed E-state index contributed by atoms with van der Waals surface area (Å²) in [6, 6.07) is -0.701. The molecular formula is C53H101NO5. The van der Waals surface area contributed by atoms with Crippen molar-refractivity contribution in [2.75, 3.05) is 6.61 Å². The molecule has 348 valence electrons. The molecule has 0 aromatic rings. The summed E-state index contributed by atoms with van der Waals surface area (Å²) in [5.41, 5.74) is 0. The third-order valence-electron chi connectivity index (χ3n) is 12.0. The molecule has 0 fully saturated rings. The van der Waals surface area contributed by atoms with E-state index in [1.54, 1.807) is 0 Å². The van der Waals surface area contributed by atoms with Gasteiger partial charge in [0, 0.05) is 6.42 Å². The number of hydrogen-bond donors (Lipinski definition) is 3. The molecule has 0 heterocycles. The number of unbranched alkanes of at least 4 members (excludes halogenated alkanes) is 31. The van der Waals surface area contributed by atoms with Crippen molar-refractivity contribution in [2.45, 2.75) is 296 Å². The van der Waals surface area contributed by atoms with Gasteiger partial charge < -0.3 is 20.3 Å². The first-order valence-corrected chi connectivity index (χ1v) is 26.1. The van der Waals surface area contributed by atoms with Gasteiger partial charge in [0.2, 0.25) is 5.91 Å². The van der Waals surface area contributed by atoms with Gasteiger partial charge >= 0.3 is 5.97 Å². The molecule has 0 aliphatic rings. The van der Waals surface area contributed by atoms with E-state index < -0.39 is 18.2 Å². The predicted octanol–water partition coefficient (Wildman–Crippen LogP) is 15.5. The molecule has 3 atom stereocenters. The molecule has 0 aliphatic heterocycles. The number of amides is 1. The van der Waals surface area contributed by atoms with Crippen molar-refractivity contribution >= 4 is 11.9 Å². The zero-order chi connectivity index (χ0) is 43.1. The summed E-state index contributed by atoms with van der Waals surface area (Å²) in [7, 11) is 0. The number of rotatable bonds is 47. The van der Waals surface area contributed by atoms with E-state index in [-0.39, 0.29) is 24.9 Å². The van der Waals surface area contributed by atoms with E-state index in [4.69, 9.17) is 4.74 Å². The van der Waals surface area contributed by atoms with E-state index in [0.29, 0.717) is 19.3 Å². The number of carbonyl (C=O) groups is 2. The number of esters is 1. The van der Waals surface area contributed by atoms with Crippen molar-refractivity contribution in [3.05, 3.63) is 24.3 Å². The van der Waals surface area contributed by atoms with Gasteiger partial charge in [-0.3, -0.25) is 9.59 Å². The third kappa shape index (κ3) is 42.8. The maximum atomic E-state index is 13.2. The lowest BCUT2D eigenvalue weighted by molar-refractivity contribution is -0.151. The van der Waals surface area contributed by atoms with Crippen LogP contribution in [0.1, 0.15) is 278 Å². The Labute approximate surface area is 367 Å². The monoisotopic (exact) mass is 832 g/mol. The highest BCUT2D eigenvalue weighted by Gasteiger charge is 2.24. The largest absolute Gasteiger partial charge is 0.462 e. The Bertz CT molecular complexity index is 935. The first kappa shape index (κ1) is 57.3. The van der Waals surface area contributed by atoms with Gasteiger partial charge in [-0.15, -0.1) is 0 Å². The number of hydrogen-bond acceptors (Lipinski definition) is 5. The van der Waals surface area contributed by atoms with Gasteiger partial charge in [-0.25, -0.2) is 0 Å². The molecule has 0 spiro atoms. The summed E-state index contributed by atoms with van der Waals surface area (Å²) < 4.78 is 5.93. The second-order valence-corrected chi connectivity index (χ2v) is 17.9. The zero-order valence-corrected chi connectivity index (χ0v) is 39.7. The van der Waals surface area contributed by atoms with Gasteiger partial charge in [0.05, 0.1) is 25.2 Å². The van der Waals surface area contributed by atoms with Gasteiger partial charge in [0.1, 0.15) is 6.10 Å². The molecule has 0 bridgehead atoms. The Kier molecular flexibility index (Phi) is 46.1. The van der Waals surface area contributed by atoms with Crippen LogP contribution in [0.5, 0.6) is 0 Å². The molecule has 0 saturated heterocycles. The standard InChI is InChI=1S/C53H101NO5/c1-4-7-10-13-16-19-22-25-26-28-29-32-35-38-41-44-49(59-53(58)46-43-40-37-34-31-27-23-20-17-14-11-8-5-2)47-52(57)54-50(48-55)51(56)45-42-39-36-33-30-24-21-18-15-12-9-6-3/h16,19,25-26,49-51,55-56H,4-15,17-18,20-24,27-48H2,1-3H3,(H,54,57)/b19-16-,26-25-. The zero-order valence-electron chi connectivity index (χ0n) is 39.7. The highest BCUT2D eigenvalue weighted by molar-refractivity contribution is 5.77. The fraction of sp³-hybridized carbons (Fsp3) is 0.887. The first-order valence-electron chi connectivity index (χ1n) is 26.1. The van der Waals surface area contributed by atoms with Crippen LogP contribution >= 0.6 is 0 Å². The van der Waals surface area contributed by atoms with Crippen LogP contribution in [0, 0.1) is 0 Å². The van der Waals surface area contributed by atoms with Crippen LogP contribution in [0.25, 0.3) is 0 Å². The van der Waals surface area contributed by atoms with Crippen molar-refractivity contribution in [2.24, 2.45) is 0 Å². The molecule has 6 nitrogen and oxygen atoms in total. The Morgan fingerprint density at radius 1 is 0.492 bits per heavy atom. The second-order valence-electron chi connectivity index (χ2n) is 17.9. The van der Waals surface area contributed by atoms with E-state index in [0.717, 1.165) is 64.2 Å². The minimum atomic E-state index is -0.787. The van der Waals surface area contributed by atoms with Crippen LogP contribution < -0.4 is 5.32 Å². The summed E-state index contributed by atoms with van der Waals surface area (Å²) in [5.74, 6) is -0.474. The number of nitrogens with one attached hydrogen (secondary N) is 1. The smallest absolute Gasteiger partial charge is 0.306 e. The van der Waals surface area contributed by atoms with Gasteiger partial charge in [-0.1, -0.05) is 231 Å². The van der Waals surface area contributed by atoms with Crippen molar-refractivity contribution in [3.8, 4) is 0 Å². The van der Waals surface area contributed by atoms with Crippen molar-refractivity contribution in [1.29, 1.82) is 0 Å². The second kappa shape index (κ2) is 47.4. The molecule has 3 unspecified atom stereocenters. The Morgan fingerprint density at radius 2 is 0.864 bits per heavy atom. The molecule has 1 amide bonds. The quantitative estimate of drug-likeness (QED) is 0.0322.